The number of alkyl halides is 1. The van der Waals surface area contributed by atoms with Gasteiger partial charge in [0.25, 0.3) is 5.91 Å². The van der Waals surface area contributed by atoms with Crippen LogP contribution in [0.4, 0.5) is 11.4 Å². The summed E-state index contributed by atoms with van der Waals surface area (Å²) >= 11 is 6.37. The lowest BCUT2D eigenvalue weighted by atomic mass is 9.95. The van der Waals surface area contributed by atoms with E-state index in [0.29, 0.717) is 11.3 Å². The molecule has 31 heavy (non-hydrogen) atoms. The minimum absolute atomic E-state index is 0.0598. The van der Waals surface area contributed by atoms with Gasteiger partial charge in [0.05, 0.1) is 5.56 Å². The van der Waals surface area contributed by atoms with Crippen LogP contribution < -0.4 is 15.5 Å². The zero-order chi connectivity index (χ0) is 21.6. The number of hydrogen-bond acceptors (Lipinski definition) is 3. The first-order valence-corrected chi connectivity index (χ1v) is 11.8. The third kappa shape index (κ3) is 5.40. The number of benzene rings is 2. The van der Waals surface area contributed by atoms with Gasteiger partial charge < -0.3 is 15.5 Å². The van der Waals surface area contributed by atoms with Gasteiger partial charge >= 0.3 is 0 Å². The summed E-state index contributed by atoms with van der Waals surface area (Å²) in [6, 6.07) is 15.1. The molecule has 0 radical (unpaired) electrons. The fourth-order valence-electron chi connectivity index (χ4n) is 4.52. The molecule has 0 aromatic heterocycles. The maximum Gasteiger partial charge on any atom is 0.253 e. The lowest BCUT2D eigenvalue weighted by Gasteiger charge is -2.26. The maximum absolute atomic E-state index is 13.2. The molecule has 6 heteroatoms. The first-order valence-electron chi connectivity index (χ1n) is 11.3. The summed E-state index contributed by atoms with van der Waals surface area (Å²) in [5.74, 6) is -0.365. The van der Waals surface area contributed by atoms with E-state index in [4.69, 9.17) is 11.6 Å². The van der Waals surface area contributed by atoms with Crippen molar-refractivity contribution in [1.82, 2.24) is 5.32 Å². The molecule has 0 bridgehead atoms. The number of halogens is 1. The Morgan fingerprint density at radius 1 is 0.935 bits per heavy atom. The predicted molar refractivity (Wildman–Crippen MR) is 126 cm³/mol. The molecule has 2 fully saturated rings. The van der Waals surface area contributed by atoms with E-state index >= 15 is 0 Å². The first kappa shape index (κ1) is 21.7. The Hall–Kier alpha value is -2.53. The van der Waals surface area contributed by atoms with Crippen LogP contribution in [0.2, 0.25) is 0 Å². The molecule has 2 aromatic carbocycles. The monoisotopic (exact) mass is 439 g/mol. The van der Waals surface area contributed by atoms with Crippen molar-refractivity contribution >= 4 is 34.8 Å². The lowest BCUT2D eigenvalue weighted by Crippen LogP contribution is -2.37. The molecule has 1 aliphatic heterocycles. The third-order valence-corrected chi connectivity index (χ3v) is 6.67. The molecule has 1 heterocycles. The van der Waals surface area contributed by atoms with E-state index in [1.807, 2.05) is 42.5 Å². The molecule has 1 saturated heterocycles. The number of nitrogens with one attached hydrogen (secondary N) is 2. The molecule has 5 nitrogen and oxygen atoms in total. The van der Waals surface area contributed by atoms with Crippen molar-refractivity contribution in [3.8, 4) is 0 Å². The molecule has 4 rings (SSSR count). The molecular weight excluding hydrogens is 410 g/mol. The van der Waals surface area contributed by atoms with Crippen LogP contribution in [-0.2, 0) is 4.79 Å². The fourth-order valence-corrected chi connectivity index (χ4v) is 4.72. The van der Waals surface area contributed by atoms with Crippen LogP contribution in [0, 0.1) is 0 Å². The highest BCUT2D eigenvalue weighted by Gasteiger charge is 2.24. The maximum atomic E-state index is 13.2. The van der Waals surface area contributed by atoms with Crippen LogP contribution in [0.5, 0.6) is 0 Å². The van der Waals surface area contributed by atoms with Gasteiger partial charge in [-0.25, -0.2) is 0 Å². The largest absolute Gasteiger partial charge is 0.371 e. The Bertz CT molecular complexity index is 906. The average molecular weight is 440 g/mol. The highest BCUT2D eigenvalue weighted by atomic mass is 35.5. The topological polar surface area (TPSA) is 61.4 Å². The van der Waals surface area contributed by atoms with Crippen molar-refractivity contribution < 1.29 is 9.59 Å². The van der Waals surface area contributed by atoms with Crippen molar-refractivity contribution in [3.05, 3.63) is 59.7 Å². The van der Waals surface area contributed by atoms with Gasteiger partial charge in [0.2, 0.25) is 5.91 Å². The minimum atomic E-state index is -0.793. The van der Waals surface area contributed by atoms with Gasteiger partial charge in [-0.3, -0.25) is 9.59 Å². The quantitative estimate of drug-likeness (QED) is 0.603. The minimum Gasteiger partial charge on any atom is -0.371 e. The Morgan fingerprint density at radius 3 is 2.35 bits per heavy atom. The van der Waals surface area contributed by atoms with E-state index in [2.05, 4.69) is 15.5 Å². The van der Waals surface area contributed by atoms with E-state index in [-0.39, 0.29) is 17.9 Å². The molecule has 1 unspecified atom stereocenters. The van der Waals surface area contributed by atoms with Gasteiger partial charge in [0.1, 0.15) is 5.38 Å². The van der Waals surface area contributed by atoms with E-state index in [9.17, 15) is 9.59 Å². The van der Waals surface area contributed by atoms with Crippen LogP contribution >= 0.6 is 11.6 Å². The summed E-state index contributed by atoms with van der Waals surface area (Å²) in [7, 11) is 0. The number of hydrogen-bond donors (Lipinski definition) is 2. The van der Waals surface area contributed by atoms with Crippen molar-refractivity contribution in [2.45, 2.75) is 56.4 Å². The summed E-state index contributed by atoms with van der Waals surface area (Å²) in [6.07, 6.45) is 7.90. The molecule has 1 aliphatic carbocycles. The van der Waals surface area contributed by atoms with E-state index in [0.717, 1.165) is 62.9 Å². The van der Waals surface area contributed by atoms with Gasteiger partial charge in [0, 0.05) is 30.5 Å². The summed E-state index contributed by atoms with van der Waals surface area (Å²) in [6.45, 7) is 1.90. The Balaban J connectivity index is 1.53. The highest BCUT2D eigenvalue weighted by Crippen LogP contribution is 2.29. The fraction of sp³-hybridized carbons (Fsp3) is 0.440. The van der Waals surface area contributed by atoms with Crippen LogP contribution in [-0.4, -0.2) is 30.9 Å². The first-order chi connectivity index (χ1) is 15.1. The van der Waals surface area contributed by atoms with Gasteiger partial charge in [-0.1, -0.05) is 49.6 Å². The molecule has 2 N–H and O–H groups in total. The van der Waals surface area contributed by atoms with Crippen molar-refractivity contribution in [2.75, 3.05) is 23.3 Å². The molecule has 0 spiro atoms. The number of anilines is 2. The lowest BCUT2D eigenvalue weighted by molar-refractivity contribution is -0.116. The Kier molecular flexibility index (Phi) is 7.13. The van der Waals surface area contributed by atoms with Crippen molar-refractivity contribution in [1.29, 1.82) is 0 Å². The zero-order valence-electron chi connectivity index (χ0n) is 17.8. The second kappa shape index (κ2) is 10.2. The number of carbonyl (C=O) groups excluding carboxylic acids is 2. The number of rotatable bonds is 6. The molecule has 2 aliphatic rings. The van der Waals surface area contributed by atoms with E-state index < -0.39 is 5.38 Å². The molecule has 2 aromatic rings. The van der Waals surface area contributed by atoms with Crippen molar-refractivity contribution in [2.24, 2.45) is 0 Å². The van der Waals surface area contributed by atoms with Gasteiger partial charge in [-0.05, 0) is 49.4 Å². The second-order valence-corrected chi connectivity index (χ2v) is 8.93. The number of nitrogens with zero attached hydrogens (tertiary/aromatic N) is 1. The highest BCUT2D eigenvalue weighted by molar-refractivity contribution is 6.32. The summed E-state index contributed by atoms with van der Waals surface area (Å²) in [5.41, 5.74) is 2.89. The normalized spacial score (nSPS) is 17.9. The van der Waals surface area contributed by atoms with Gasteiger partial charge in [0.15, 0.2) is 0 Å². The van der Waals surface area contributed by atoms with E-state index in [1.54, 1.807) is 6.07 Å². The molecular formula is C25H30ClN3O2. The summed E-state index contributed by atoms with van der Waals surface area (Å²) < 4.78 is 0. The molecule has 1 atom stereocenters. The average Bonchev–Trinajstić information content (AvgIpc) is 3.34. The third-order valence-electron chi connectivity index (χ3n) is 6.22. The summed E-state index contributed by atoms with van der Waals surface area (Å²) in [5, 5.41) is 5.32. The Morgan fingerprint density at radius 2 is 1.65 bits per heavy atom. The van der Waals surface area contributed by atoms with Crippen LogP contribution in [0.25, 0.3) is 0 Å². The number of amides is 2. The predicted octanol–water partition coefficient (Wildman–Crippen LogP) is 5.27. The Labute approximate surface area is 189 Å². The zero-order valence-corrected chi connectivity index (χ0v) is 18.5. The van der Waals surface area contributed by atoms with Crippen LogP contribution in [0.15, 0.2) is 48.5 Å². The second-order valence-electron chi connectivity index (χ2n) is 8.50. The smallest absolute Gasteiger partial charge is 0.253 e. The molecule has 1 saturated carbocycles. The standard InChI is InChI=1S/C25H30ClN3O2/c26-23(18-9-3-1-4-10-18)25(31)28-20-13-14-22(29-15-7-8-16-29)21(17-20)24(30)27-19-11-5-2-6-12-19/h1,3-4,9-10,13-14,17,19,23H,2,5-8,11-12,15-16H2,(H,27,30)(H,28,31). The SMILES string of the molecule is O=C(NC1CCCCC1)c1cc(NC(=O)C(Cl)c2ccccc2)ccc1N1CCCC1. The van der Waals surface area contributed by atoms with Gasteiger partial charge in [-0.15, -0.1) is 11.6 Å². The summed E-state index contributed by atoms with van der Waals surface area (Å²) in [4.78, 5) is 28.2. The van der Waals surface area contributed by atoms with Crippen LogP contribution in [0.3, 0.4) is 0 Å². The van der Waals surface area contributed by atoms with Crippen LogP contribution in [0.1, 0.15) is 66.2 Å². The molecule has 164 valence electrons. The van der Waals surface area contributed by atoms with Crippen molar-refractivity contribution in [3.63, 3.8) is 0 Å². The number of carbonyl (C=O) groups is 2. The van der Waals surface area contributed by atoms with E-state index in [1.165, 1.54) is 6.42 Å². The molecule has 2 amide bonds. The van der Waals surface area contributed by atoms with Gasteiger partial charge in [-0.2, -0.15) is 0 Å².